The number of methoxy groups -OCH3 is 1. The van der Waals surface area contributed by atoms with Crippen LogP contribution in [0.1, 0.15) is 33.6 Å². The lowest BCUT2D eigenvalue weighted by atomic mass is 9.95. The van der Waals surface area contributed by atoms with Crippen LogP contribution in [0.25, 0.3) is 0 Å². The van der Waals surface area contributed by atoms with E-state index in [0.29, 0.717) is 6.04 Å². The Balaban J connectivity index is 2.36. The Labute approximate surface area is 98.3 Å². The van der Waals surface area contributed by atoms with Gasteiger partial charge in [0.05, 0.1) is 7.11 Å². The molecule has 1 amide bonds. The van der Waals surface area contributed by atoms with Gasteiger partial charge in [0.2, 0.25) is 0 Å². The van der Waals surface area contributed by atoms with Crippen LogP contribution in [-0.2, 0) is 4.74 Å². The summed E-state index contributed by atoms with van der Waals surface area (Å²) in [4.78, 5) is 13.2. The van der Waals surface area contributed by atoms with Crippen LogP contribution in [0.2, 0.25) is 0 Å². The fourth-order valence-corrected chi connectivity index (χ4v) is 1.89. The quantitative estimate of drug-likeness (QED) is 0.784. The van der Waals surface area contributed by atoms with Crippen LogP contribution in [0.15, 0.2) is 0 Å². The number of hydrogen-bond acceptors (Lipinski definition) is 3. The van der Waals surface area contributed by atoms with Gasteiger partial charge in [0, 0.05) is 25.7 Å². The van der Waals surface area contributed by atoms with Crippen LogP contribution >= 0.6 is 0 Å². The summed E-state index contributed by atoms with van der Waals surface area (Å²) < 4.78 is 4.74. The zero-order chi connectivity index (χ0) is 12.2. The Hall–Kier alpha value is -0.770. The molecule has 1 fully saturated rings. The van der Waals surface area contributed by atoms with Crippen molar-refractivity contribution in [2.45, 2.75) is 39.7 Å². The number of likely N-dealkylation sites (tertiary alicyclic amines) is 1. The smallest absolute Gasteiger partial charge is 0.409 e. The van der Waals surface area contributed by atoms with Gasteiger partial charge in [-0.05, 0) is 18.3 Å². The SMILES string of the molecule is COC(=O)N1CCC[C@@H](NCC(C)(C)C)C1. The Morgan fingerprint density at radius 2 is 2.19 bits per heavy atom. The maximum absolute atomic E-state index is 11.4. The highest BCUT2D eigenvalue weighted by atomic mass is 16.5. The Bertz CT molecular complexity index is 236. The lowest BCUT2D eigenvalue weighted by Gasteiger charge is -2.33. The maximum atomic E-state index is 11.4. The molecule has 0 unspecified atom stereocenters. The molecule has 1 rings (SSSR count). The molecule has 1 N–H and O–H groups in total. The summed E-state index contributed by atoms with van der Waals surface area (Å²) in [5.74, 6) is 0. The Morgan fingerprint density at radius 3 is 2.75 bits per heavy atom. The molecule has 0 aromatic rings. The highest BCUT2D eigenvalue weighted by molar-refractivity contribution is 5.67. The molecule has 1 heterocycles. The van der Waals surface area contributed by atoms with E-state index in [-0.39, 0.29) is 11.5 Å². The minimum absolute atomic E-state index is 0.206. The van der Waals surface area contributed by atoms with Gasteiger partial charge in [0.25, 0.3) is 0 Å². The number of amides is 1. The van der Waals surface area contributed by atoms with E-state index in [1.807, 2.05) is 0 Å². The minimum atomic E-state index is -0.206. The number of nitrogens with zero attached hydrogens (tertiary/aromatic N) is 1. The van der Waals surface area contributed by atoms with Crippen LogP contribution < -0.4 is 5.32 Å². The highest BCUT2D eigenvalue weighted by Gasteiger charge is 2.24. The van der Waals surface area contributed by atoms with Gasteiger partial charge in [-0.3, -0.25) is 0 Å². The fraction of sp³-hybridized carbons (Fsp3) is 0.917. The minimum Gasteiger partial charge on any atom is -0.453 e. The van der Waals surface area contributed by atoms with Crippen LogP contribution in [0.5, 0.6) is 0 Å². The summed E-state index contributed by atoms with van der Waals surface area (Å²) in [6.07, 6.45) is 1.99. The topological polar surface area (TPSA) is 41.6 Å². The molecule has 4 heteroatoms. The van der Waals surface area contributed by atoms with E-state index in [0.717, 1.165) is 32.5 Å². The number of piperidine rings is 1. The van der Waals surface area contributed by atoms with Crippen molar-refractivity contribution >= 4 is 6.09 Å². The van der Waals surface area contributed by atoms with Gasteiger partial charge in [0.15, 0.2) is 0 Å². The number of carbonyl (C=O) groups is 1. The maximum Gasteiger partial charge on any atom is 0.409 e. The molecule has 0 aromatic heterocycles. The molecule has 16 heavy (non-hydrogen) atoms. The third-order valence-corrected chi connectivity index (χ3v) is 2.78. The first-order chi connectivity index (χ1) is 7.42. The molecule has 1 aliphatic rings. The summed E-state index contributed by atoms with van der Waals surface area (Å²) in [7, 11) is 1.44. The summed E-state index contributed by atoms with van der Waals surface area (Å²) in [5, 5.41) is 3.52. The van der Waals surface area contributed by atoms with Crippen molar-refractivity contribution in [3.05, 3.63) is 0 Å². The van der Waals surface area contributed by atoms with E-state index in [2.05, 4.69) is 26.1 Å². The van der Waals surface area contributed by atoms with Crippen molar-refractivity contribution < 1.29 is 9.53 Å². The predicted octanol–water partition coefficient (Wildman–Crippen LogP) is 1.85. The predicted molar refractivity (Wildman–Crippen MR) is 64.5 cm³/mol. The molecule has 0 aromatic carbocycles. The normalized spacial score (nSPS) is 22.0. The van der Waals surface area contributed by atoms with Gasteiger partial charge in [-0.1, -0.05) is 20.8 Å². The van der Waals surface area contributed by atoms with E-state index in [1.54, 1.807) is 4.90 Å². The standard InChI is InChI=1S/C12H24N2O2/c1-12(2,3)9-13-10-6-5-7-14(8-10)11(15)16-4/h10,13H,5-9H2,1-4H3/t10-/m1/s1. The number of hydrogen-bond donors (Lipinski definition) is 1. The molecular formula is C12H24N2O2. The second-order valence-electron chi connectivity index (χ2n) is 5.70. The van der Waals surface area contributed by atoms with Crippen molar-refractivity contribution in [1.82, 2.24) is 10.2 Å². The van der Waals surface area contributed by atoms with Crippen molar-refractivity contribution in [2.24, 2.45) is 5.41 Å². The average molecular weight is 228 g/mol. The van der Waals surface area contributed by atoms with Crippen molar-refractivity contribution in [2.75, 3.05) is 26.7 Å². The van der Waals surface area contributed by atoms with Gasteiger partial charge in [-0.15, -0.1) is 0 Å². The molecular weight excluding hydrogens is 204 g/mol. The molecule has 1 saturated heterocycles. The molecule has 0 spiro atoms. The second-order valence-corrected chi connectivity index (χ2v) is 5.70. The van der Waals surface area contributed by atoms with Crippen molar-refractivity contribution in [3.63, 3.8) is 0 Å². The van der Waals surface area contributed by atoms with Crippen molar-refractivity contribution in [3.8, 4) is 0 Å². The van der Waals surface area contributed by atoms with E-state index in [9.17, 15) is 4.79 Å². The van der Waals surface area contributed by atoms with E-state index < -0.39 is 0 Å². The lowest BCUT2D eigenvalue weighted by molar-refractivity contribution is 0.106. The van der Waals surface area contributed by atoms with Gasteiger partial charge in [0.1, 0.15) is 0 Å². The number of rotatable bonds is 2. The van der Waals surface area contributed by atoms with E-state index in [4.69, 9.17) is 4.74 Å². The molecule has 0 saturated carbocycles. The first-order valence-corrected chi connectivity index (χ1v) is 5.98. The monoisotopic (exact) mass is 228 g/mol. The Kier molecular flexibility index (Phi) is 4.59. The molecule has 94 valence electrons. The molecule has 4 nitrogen and oxygen atoms in total. The second kappa shape index (κ2) is 5.53. The lowest BCUT2D eigenvalue weighted by Crippen LogP contribution is -2.49. The van der Waals surface area contributed by atoms with Gasteiger partial charge < -0.3 is 15.0 Å². The van der Waals surface area contributed by atoms with E-state index >= 15 is 0 Å². The van der Waals surface area contributed by atoms with Gasteiger partial charge in [-0.2, -0.15) is 0 Å². The van der Waals surface area contributed by atoms with E-state index in [1.165, 1.54) is 7.11 Å². The molecule has 0 aliphatic carbocycles. The average Bonchev–Trinajstić information content (AvgIpc) is 2.25. The van der Waals surface area contributed by atoms with Gasteiger partial charge >= 0.3 is 6.09 Å². The summed E-state index contributed by atoms with van der Waals surface area (Å²) >= 11 is 0. The third kappa shape index (κ3) is 4.39. The first-order valence-electron chi connectivity index (χ1n) is 5.98. The zero-order valence-corrected chi connectivity index (χ0v) is 10.9. The van der Waals surface area contributed by atoms with Crippen LogP contribution in [0.3, 0.4) is 0 Å². The zero-order valence-electron chi connectivity index (χ0n) is 10.9. The molecule has 0 radical (unpaired) electrons. The summed E-state index contributed by atoms with van der Waals surface area (Å²) in [5.41, 5.74) is 0.285. The number of nitrogens with one attached hydrogen (secondary N) is 1. The van der Waals surface area contributed by atoms with Gasteiger partial charge in [-0.25, -0.2) is 4.79 Å². The number of carbonyl (C=O) groups excluding carboxylic acids is 1. The number of ether oxygens (including phenoxy) is 1. The van der Waals surface area contributed by atoms with Crippen LogP contribution in [0.4, 0.5) is 4.79 Å². The van der Waals surface area contributed by atoms with Crippen molar-refractivity contribution in [1.29, 1.82) is 0 Å². The Morgan fingerprint density at radius 1 is 1.50 bits per heavy atom. The first kappa shape index (κ1) is 13.3. The third-order valence-electron chi connectivity index (χ3n) is 2.78. The van der Waals surface area contributed by atoms with Crippen LogP contribution in [0, 0.1) is 5.41 Å². The summed E-state index contributed by atoms with van der Waals surface area (Å²) in [6.45, 7) is 9.19. The highest BCUT2D eigenvalue weighted by Crippen LogP contribution is 2.15. The van der Waals surface area contributed by atoms with Crippen LogP contribution in [-0.4, -0.2) is 43.8 Å². The molecule has 1 aliphatic heterocycles. The fourth-order valence-electron chi connectivity index (χ4n) is 1.89. The summed E-state index contributed by atoms with van der Waals surface area (Å²) in [6, 6.07) is 0.409. The molecule has 0 bridgehead atoms. The molecule has 1 atom stereocenters. The largest absolute Gasteiger partial charge is 0.453 e.